The van der Waals surface area contributed by atoms with Crippen LogP contribution in [0.1, 0.15) is 38.5 Å². The molecule has 2 aliphatic rings. The molecule has 0 bridgehead atoms. The molecule has 0 aromatic rings. The highest BCUT2D eigenvalue weighted by Crippen LogP contribution is 2.43. The summed E-state index contributed by atoms with van der Waals surface area (Å²) in [6.45, 7) is -1.27. The molecule has 0 aliphatic heterocycles. The van der Waals surface area contributed by atoms with Gasteiger partial charge in [-0.3, -0.25) is 4.79 Å². The molecule has 20 heavy (non-hydrogen) atoms. The van der Waals surface area contributed by atoms with Crippen LogP contribution >= 0.6 is 0 Å². The van der Waals surface area contributed by atoms with Gasteiger partial charge in [0.15, 0.2) is 5.84 Å². The van der Waals surface area contributed by atoms with E-state index in [4.69, 9.17) is 10.9 Å². The van der Waals surface area contributed by atoms with E-state index in [1.54, 1.807) is 0 Å². The van der Waals surface area contributed by atoms with Crippen molar-refractivity contribution in [1.82, 2.24) is 4.90 Å². The third-order valence-corrected chi connectivity index (χ3v) is 4.06. The van der Waals surface area contributed by atoms with E-state index >= 15 is 0 Å². The molecule has 8 heteroatoms. The van der Waals surface area contributed by atoms with Gasteiger partial charge >= 0.3 is 6.18 Å². The van der Waals surface area contributed by atoms with Crippen LogP contribution in [0.3, 0.4) is 0 Å². The zero-order chi connectivity index (χ0) is 15.0. The quantitative estimate of drug-likeness (QED) is 0.359. The summed E-state index contributed by atoms with van der Waals surface area (Å²) in [5, 5.41) is 11.7. The van der Waals surface area contributed by atoms with Crippen molar-refractivity contribution in [2.24, 2.45) is 16.3 Å². The Morgan fingerprint density at radius 1 is 1.35 bits per heavy atom. The SMILES string of the molecule is NC(=NO)C1(C(=O)N(CC(F)(F)F)C2CC2)CCCC1. The van der Waals surface area contributed by atoms with Gasteiger partial charge in [-0.1, -0.05) is 18.0 Å². The van der Waals surface area contributed by atoms with Gasteiger partial charge in [0, 0.05) is 6.04 Å². The molecule has 2 fully saturated rings. The predicted octanol–water partition coefficient (Wildman–Crippen LogP) is 1.85. The number of halogens is 3. The van der Waals surface area contributed by atoms with Gasteiger partial charge in [-0.15, -0.1) is 0 Å². The normalized spacial score (nSPS) is 22.9. The summed E-state index contributed by atoms with van der Waals surface area (Å²) in [6, 6.07) is -0.368. The minimum atomic E-state index is -4.44. The molecule has 2 rings (SSSR count). The van der Waals surface area contributed by atoms with Crippen LogP contribution in [0.2, 0.25) is 0 Å². The molecular weight excluding hydrogens is 275 g/mol. The van der Waals surface area contributed by atoms with Gasteiger partial charge in [0.05, 0.1) is 0 Å². The van der Waals surface area contributed by atoms with Crippen LogP contribution in [0.25, 0.3) is 0 Å². The van der Waals surface area contributed by atoms with Crippen LogP contribution < -0.4 is 5.73 Å². The first-order valence-corrected chi connectivity index (χ1v) is 6.66. The number of hydrogen-bond donors (Lipinski definition) is 2. The standard InChI is InChI=1S/C12H18F3N3O2/c13-12(14,15)7-18(8-3-4-8)10(19)11(9(16)17-20)5-1-2-6-11/h8,20H,1-7H2,(H2,16,17). The lowest BCUT2D eigenvalue weighted by Crippen LogP contribution is -2.53. The second-order valence-electron chi connectivity index (χ2n) is 5.55. The Bertz CT molecular complexity index is 413. The second-order valence-corrected chi connectivity index (χ2v) is 5.55. The summed E-state index contributed by atoms with van der Waals surface area (Å²) in [5.41, 5.74) is 4.35. The molecule has 2 aliphatic carbocycles. The number of nitrogens with zero attached hydrogens (tertiary/aromatic N) is 2. The summed E-state index contributed by atoms with van der Waals surface area (Å²) in [4.78, 5) is 13.4. The van der Waals surface area contributed by atoms with Crippen LogP contribution in [-0.4, -0.2) is 40.6 Å². The topological polar surface area (TPSA) is 78.9 Å². The zero-order valence-electron chi connectivity index (χ0n) is 11.0. The highest BCUT2D eigenvalue weighted by Gasteiger charge is 2.52. The molecule has 0 heterocycles. The number of amides is 1. The van der Waals surface area contributed by atoms with Gasteiger partial charge in [-0.05, 0) is 25.7 Å². The maximum atomic E-state index is 12.6. The fourth-order valence-corrected chi connectivity index (χ4v) is 2.87. The van der Waals surface area contributed by atoms with E-state index in [0.717, 1.165) is 4.90 Å². The van der Waals surface area contributed by atoms with Crippen molar-refractivity contribution in [3.05, 3.63) is 0 Å². The lowest BCUT2D eigenvalue weighted by molar-refractivity contribution is -0.166. The summed E-state index contributed by atoms with van der Waals surface area (Å²) >= 11 is 0. The Labute approximate surface area is 114 Å². The fourth-order valence-electron chi connectivity index (χ4n) is 2.87. The van der Waals surface area contributed by atoms with Crippen LogP contribution in [0.15, 0.2) is 5.16 Å². The van der Waals surface area contributed by atoms with Gasteiger partial charge < -0.3 is 15.8 Å². The number of amidine groups is 1. The highest BCUT2D eigenvalue weighted by molar-refractivity contribution is 6.07. The van der Waals surface area contributed by atoms with Crippen molar-refractivity contribution in [2.75, 3.05) is 6.54 Å². The smallest absolute Gasteiger partial charge is 0.406 e. The van der Waals surface area contributed by atoms with Gasteiger partial charge in [0.2, 0.25) is 5.91 Å². The first kappa shape index (κ1) is 14.9. The summed E-state index contributed by atoms with van der Waals surface area (Å²) < 4.78 is 37.9. The Hall–Kier alpha value is -1.47. The van der Waals surface area contributed by atoms with Crippen molar-refractivity contribution in [1.29, 1.82) is 0 Å². The van der Waals surface area contributed by atoms with E-state index in [1.807, 2.05) is 0 Å². The molecule has 0 atom stereocenters. The predicted molar refractivity (Wildman–Crippen MR) is 65.1 cm³/mol. The van der Waals surface area contributed by atoms with Crippen molar-refractivity contribution < 1.29 is 23.2 Å². The first-order chi connectivity index (χ1) is 9.30. The van der Waals surface area contributed by atoms with Crippen molar-refractivity contribution in [3.63, 3.8) is 0 Å². The molecule has 0 spiro atoms. The average molecular weight is 293 g/mol. The Balaban J connectivity index is 2.25. The molecule has 0 unspecified atom stereocenters. The van der Waals surface area contributed by atoms with E-state index in [9.17, 15) is 18.0 Å². The van der Waals surface area contributed by atoms with Crippen LogP contribution in [0, 0.1) is 5.41 Å². The minimum Gasteiger partial charge on any atom is -0.409 e. The molecule has 0 aromatic carbocycles. The van der Waals surface area contributed by atoms with Crippen LogP contribution in [-0.2, 0) is 4.79 Å². The van der Waals surface area contributed by atoms with Crippen molar-refractivity contribution >= 4 is 11.7 Å². The molecule has 0 saturated heterocycles. The van der Waals surface area contributed by atoms with E-state index in [1.165, 1.54) is 0 Å². The largest absolute Gasteiger partial charge is 0.409 e. The lowest BCUT2D eigenvalue weighted by Gasteiger charge is -2.34. The summed E-state index contributed by atoms with van der Waals surface area (Å²) in [5.74, 6) is -0.919. The molecular formula is C12H18F3N3O2. The van der Waals surface area contributed by atoms with Crippen molar-refractivity contribution in [3.8, 4) is 0 Å². The second kappa shape index (κ2) is 5.14. The van der Waals surface area contributed by atoms with Gasteiger partial charge in [-0.25, -0.2) is 0 Å². The number of rotatable bonds is 4. The molecule has 5 nitrogen and oxygen atoms in total. The minimum absolute atomic E-state index is 0.271. The highest BCUT2D eigenvalue weighted by atomic mass is 19.4. The number of alkyl halides is 3. The number of nitrogens with two attached hydrogens (primary N) is 1. The average Bonchev–Trinajstić information content (AvgIpc) is 3.10. The van der Waals surface area contributed by atoms with E-state index < -0.39 is 24.0 Å². The van der Waals surface area contributed by atoms with E-state index in [0.29, 0.717) is 38.5 Å². The summed E-state index contributed by atoms with van der Waals surface area (Å²) in [7, 11) is 0. The Morgan fingerprint density at radius 2 is 1.90 bits per heavy atom. The number of hydrogen-bond acceptors (Lipinski definition) is 3. The molecule has 0 aromatic heterocycles. The van der Waals surface area contributed by atoms with Crippen LogP contribution in [0.4, 0.5) is 13.2 Å². The molecule has 114 valence electrons. The van der Waals surface area contributed by atoms with Gasteiger partial charge in [-0.2, -0.15) is 13.2 Å². The van der Waals surface area contributed by atoms with Crippen molar-refractivity contribution in [2.45, 2.75) is 50.7 Å². The van der Waals surface area contributed by atoms with Gasteiger partial charge in [0.1, 0.15) is 12.0 Å². The summed E-state index contributed by atoms with van der Waals surface area (Å²) in [6.07, 6.45) is -1.24. The van der Waals surface area contributed by atoms with Gasteiger partial charge in [0.25, 0.3) is 0 Å². The molecule has 3 N–H and O–H groups in total. The van der Waals surface area contributed by atoms with E-state index in [2.05, 4.69) is 5.16 Å². The Morgan fingerprint density at radius 3 is 2.30 bits per heavy atom. The zero-order valence-corrected chi connectivity index (χ0v) is 11.0. The van der Waals surface area contributed by atoms with Crippen LogP contribution in [0.5, 0.6) is 0 Å². The number of carbonyl (C=O) groups excluding carboxylic acids is 1. The maximum absolute atomic E-state index is 12.6. The molecule has 2 saturated carbocycles. The number of carbonyl (C=O) groups is 1. The molecule has 1 amide bonds. The fraction of sp³-hybridized carbons (Fsp3) is 0.833. The lowest BCUT2D eigenvalue weighted by atomic mass is 9.83. The third-order valence-electron chi connectivity index (χ3n) is 4.06. The monoisotopic (exact) mass is 293 g/mol. The maximum Gasteiger partial charge on any atom is 0.406 e. The van der Waals surface area contributed by atoms with E-state index in [-0.39, 0.29) is 11.9 Å². The third kappa shape index (κ3) is 2.83. The first-order valence-electron chi connectivity index (χ1n) is 6.66. The Kier molecular flexibility index (Phi) is 3.84. The number of oxime groups is 1. The molecule has 0 radical (unpaired) electrons.